The fraction of sp³-hybridized carbons (Fsp3) is 0.333. The van der Waals surface area contributed by atoms with E-state index in [0.29, 0.717) is 11.3 Å². The van der Waals surface area contributed by atoms with Crippen LogP contribution in [0.1, 0.15) is 17.4 Å². The number of aryl methyl sites for hydroxylation is 1. The molecule has 1 N–H and O–H groups in total. The third kappa shape index (κ3) is 3.73. The van der Waals surface area contributed by atoms with Crippen LogP contribution < -0.4 is 4.72 Å². The zero-order valence-electron chi connectivity index (χ0n) is 12.7. The molecule has 1 aromatic carbocycles. The molecule has 0 radical (unpaired) electrons. The molecule has 1 aromatic heterocycles. The first-order valence-corrected chi connectivity index (χ1v) is 8.25. The third-order valence-corrected chi connectivity index (χ3v) is 4.97. The van der Waals surface area contributed by atoms with Gasteiger partial charge in [0.25, 0.3) is 0 Å². The fourth-order valence-electron chi connectivity index (χ4n) is 2.20. The number of rotatable bonds is 6. The lowest BCUT2D eigenvalue weighted by molar-refractivity contribution is 0.259. The molecule has 2 aromatic rings. The summed E-state index contributed by atoms with van der Waals surface area (Å²) in [5, 5.41) is 0. The van der Waals surface area contributed by atoms with Gasteiger partial charge in [-0.25, -0.2) is 17.5 Å². The largest absolute Gasteiger partial charge is 0.468 e. The summed E-state index contributed by atoms with van der Waals surface area (Å²) in [4.78, 5) is 1.93. The average molecular weight is 326 g/mol. The number of halogens is 1. The molecule has 5 nitrogen and oxygen atoms in total. The van der Waals surface area contributed by atoms with Crippen molar-refractivity contribution < 1.29 is 17.2 Å². The summed E-state index contributed by atoms with van der Waals surface area (Å²) in [7, 11) is -0.0365. The molecule has 1 heterocycles. The van der Waals surface area contributed by atoms with Crippen molar-refractivity contribution in [3.63, 3.8) is 0 Å². The molecular formula is C15H19FN2O3S. The minimum absolute atomic E-state index is 0.0749. The number of hydrogen-bond donors (Lipinski definition) is 1. The van der Waals surface area contributed by atoms with Crippen LogP contribution in [-0.2, 0) is 10.0 Å². The Morgan fingerprint density at radius 2 is 2.05 bits per heavy atom. The van der Waals surface area contributed by atoms with Gasteiger partial charge in [-0.05, 0) is 56.9 Å². The summed E-state index contributed by atoms with van der Waals surface area (Å²) in [5.41, 5.74) is 0.368. The molecule has 0 aliphatic rings. The molecule has 1 atom stereocenters. The molecule has 0 fully saturated rings. The minimum atomic E-state index is -3.71. The molecule has 0 aliphatic heterocycles. The van der Waals surface area contributed by atoms with Gasteiger partial charge in [0.05, 0.1) is 17.2 Å². The topological polar surface area (TPSA) is 62.6 Å². The Morgan fingerprint density at radius 3 is 2.59 bits per heavy atom. The second kappa shape index (κ2) is 6.60. The molecule has 0 bridgehead atoms. The van der Waals surface area contributed by atoms with Gasteiger partial charge >= 0.3 is 0 Å². The van der Waals surface area contributed by atoms with E-state index in [9.17, 15) is 12.8 Å². The SMILES string of the molecule is Cc1cc(F)ccc1S(=O)(=O)NC[C@H](c1ccco1)N(C)C. The van der Waals surface area contributed by atoms with Crippen LogP contribution in [0.5, 0.6) is 0 Å². The van der Waals surface area contributed by atoms with Crippen molar-refractivity contribution in [3.05, 3.63) is 53.7 Å². The highest BCUT2D eigenvalue weighted by Gasteiger charge is 2.22. The number of furan rings is 1. The Bertz CT molecular complexity index is 727. The van der Waals surface area contributed by atoms with Gasteiger partial charge in [-0.15, -0.1) is 0 Å². The van der Waals surface area contributed by atoms with Gasteiger partial charge in [0, 0.05) is 6.54 Å². The highest BCUT2D eigenvalue weighted by atomic mass is 32.2. The maximum absolute atomic E-state index is 13.1. The lowest BCUT2D eigenvalue weighted by Crippen LogP contribution is -2.34. The van der Waals surface area contributed by atoms with Gasteiger partial charge in [-0.3, -0.25) is 4.90 Å². The lowest BCUT2D eigenvalue weighted by Gasteiger charge is -2.22. The van der Waals surface area contributed by atoms with Crippen LogP contribution in [0.2, 0.25) is 0 Å². The minimum Gasteiger partial charge on any atom is -0.468 e. The van der Waals surface area contributed by atoms with E-state index < -0.39 is 15.8 Å². The predicted octanol–water partition coefficient (Wildman–Crippen LogP) is 2.31. The normalized spacial score (nSPS) is 13.5. The van der Waals surface area contributed by atoms with Gasteiger partial charge < -0.3 is 4.42 Å². The number of nitrogens with zero attached hydrogens (tertiary/aromatic N) is 1. The standard InChI is InChI=1S/C15H19FN2O3S/c1-11-9-12(16)6-7-15(11)22(19,20)17-10-13(18(2)3)14-5-4-8-21-14/h4-9,13,17H,10H2,1-3H3/t13-/m1/s1. The van der Waals surface area contributed by atoms with Crippen LogP contribution in [0.15, 0.2) is 45.9 Å². The van der Waals surface area contributed by atoms with Gasteiger partial charge in [0.15, 0.2) is 0 Å². The van der Waals surface area contributed by atoms with Crippen molar-refractivity contribution in [1.29, 1.82) is 0 Å². The van der Waals surface area contributed by atoms with Crippen LogP contribution in [0.4, 0.5) is 4.39 Å². The summed E-state index contributed by atoms with van der Waals surface area (Å²) in [6, 6.07) is 6.92. The van der Waals surface area contributed by atoms with E-state index in [1.54, 1.807) is 25.3 Å². The van der Waals surface area contributed by atoms with E-state index in [2.05, 4.69) is 4.72 Å². The first kappa shape index (κ1) is 16.7. The number of benzene rings is 1. The summed E-state index contributed by atoms with van der Waals surface area (Å²) in [5.74, 6) is 0.210. The molecule has 22 heavy (non-hydrogen) atoms. The van der Waals surface area contributed by atoms with E-state index in [4.69, 9.17) is 4.42 Å². The second-order valence-corrected chi connectivity index (χ2v) is 6.99. The monoisotopic (exact) mass is 326 g/mol. The van der Waals surface area contributed by atoms with Gasteiger partial charge in [0.2, 0.25) is 10.0 Å². The number of sulfonamides is 1. The molecule has 0 aliphatic carbocycles. The van der Waals surface area contributed by atoms with E-state index >= 15 is 0 Å². The van der Waals surface area contributed by atoms with Gasteiger partial charge in [-0.1, -0.05) is 0 Å². The zero-order valence-corrected chi connectivity index (χ0v) is 13.5. The first-order valence-electron chi connectivity index (χ1n) is 6.77. The van der Waals surface area contributed by atoms with Crippen molar-refractivity contribution in [3.8, 4) is 0 Å². The van der Waals surface area contributed by atoms with Crippen molar-refractivity contribution in [2.45, 2.75) is 17.9 Å². The van der Waals surface area contributed by atoms with Gasteiger partial charge in [0.1, 0.15) is 11.6 Å². The quantitative estimate of drug-likeness (QED) is 0.885. The molecule has 7 heteroatoms. The van der Waals surface area contributed by atoms with Crippen molar-refractivity contribution in [2.24, 2.45) is 0 Å². The highest BCUT2D eigenvalue weighted by molar-refractivity contribution is 7.89. The number of likely N-dealkylation sites (N-methyl/N-ethyl adjacent to an activating group) is 1. The van der Waals surface area contributed by atoms with Crippen molar-refractivity contribution in [1.82, 2.24) is 9.62 Å². The third-order valence-electron chi connectivity index (χ3n) is 3.39. The van der Waals surface area contributed by atoms with Crippen molar-refractivity contribution >= 4 is 10.0 Å². The Labute approximate surface area is 129 Å². The Kier molecular flexibility index (Phi) is 5.00. The highest BCUT2D eigenvalue weighted by Crippen LogP contribution is 2.20. The Morgan fingerprint density at radius 1 is 1.32 bits per heavy atom. The predicted molar refractivity (Wildman–Crippen MR) is 81.5 cm³/mol. The van der Waals surface area contributed by atoms with E-state index in [-0.39, 0.29) is 17.5 Å². The van der Waals surface area contributed by atoms with Crippen LogP contribution >= 0.6 is 0 Å². The smallest absolute Gasteiger partial charge is 0.240 e. The Hall–Kier alpha value is -1.70. The number of nitrogens with one attached hydrogen (secondary N) is 1. The van der Waals surface area contributed by atoms with E-state index in [1.807, 2.05) is 19.0 Å². The molecular weight excluding hydrogens is 307 g/mol. The zero-order chi connectivity index (χ0) is 16.3. The van der Waals surface area contributed by atoms with Crippen LogP contribution in [0.3, 0.4) is 0 Å². The molecule has 0 saturated heterocycles. The van der Waals surface area contributed by atoms with Crippen LogP contribution in [0.25, 0.3) is 0 Å². The van der Waals surface area contributed by atoms with Crippen molar-refractivity contribution in [2.75, 3.05) is 20.6 Å². The van der Waals surface area contributed by atoms with Gasteiger partial charge in [-0.2, -0.15) is 0 Å². The average Bonchev–Trinajstić information content (AvgIpc) is 2.91. The summed E-state index contributed by atoms with van der Waals surface area (Å²) in [6.45, 7) is 1.72. The molecule has 0 unspecified atom stereocenters. The maximum atomic E-state index is 13.1. The summed E-state index contributed by atoms with van der Waals surface area (Å²) >= 11 is 0. The first-order chi connectivity index (χ1) is 10.3. The van der Waals surface area contributed by atoms with E-state index in [0.717, 1.165) is 6.07 Å². The summed E-state index contributed by atoms with van der Waals surface area (Å²) < 4.78 is 45.8. The number of hydrogen-bond acceptors (Lipinski definition) is 4. The van der Waals surface area contributed by atoms with Crippen LogP contribution in [0, 0.1) is 12.7 Å². The Balaban J connectivity index is 2.18. The van der Waals surface area contributed by atoms with Crippen LogP contribution in [-0.4, -0.2) is 34.0 Å². The molecule has 120 valence electrons. The molecule has 0 saturated carbocycles. The molecule has 2 rings (SSSR count). The maximum Gasteiger partial charge on any atom is 0.240 e. The second-order valence-electron chi connectivity index (χ2n) is 5.26. The lowest BCUT2D eigenvalue weighted by atomic mass is 10.2. The fourth-order valence-corrected chi connectivity index (χ4v) is 3.46. The molecule has 0 amide bonds. The molecule has 0 spiro atoms. The van der Waals surface area contributed by atoms with E-state index in [1.165, 1.54) is 12.1 Å². The summed E-state index contributed by atoms with van der Waals surface area (Å²) in [6.07, 6.45) is 1.55.